The van der Waals surface area contributed by atoms with Crippen molar-refractivity contribution in [2.75, 3.05) is 39.6 Å². The Labute approximate surface area is 101 Å². The Morgan fingerprint density at radius 2 is 1.94 bits per heavy atom. The second-order valence-electron chi connectivity index (χ2n) is 4.34. The number of hydrogen-bond donors (Lipinski definition) is 1. The predicted molar refractivity (Wildman–Crippen MR) is 64.7 cm³/mol. The van der Waals surface area contributed by atoms with Gasteiger partial charge in [0.1, 0.15) is 0 Å². The quantitative estimate of drug-likeness (QED) is 0.773. The van der Waals surface area contributed by atoms with E-state index in [4.69, 9.17) is 15.2 Å². The van der Waals surface area contributed by atoms with Crippen molar-refractivity contribution in [3.8, 4) is 0 Å². The number of ether oxygens (including phenoxy) is 2. The molecule has 0 aliphatic carbocycles. The number of methoxy groups -OCH3 is 2. The number of likely N-dealkylation sites (tertiary alicyclic amines) is 1. The Morgan fingerprint density at radius 1 is 1.29 bits per heavy atom. The molecule has 0 radical (unpaired) electrons. The van der Waals surface area contributed by atoms with Gasteiger partial charge in [0, 0.05) is 40.1 Å². The summed E-state index contributed by atoms with van der Waals surface area (Å²) >= 11 is 0. The second-order valence-corrected chi connectivity index (χ2v) is 4.34. The highest BCUT2D eigenvalue weighted by Crippen LogP contribution is 2.15. The summed E-state index contributed by atoms with van der Waals surface area (Å²) in [7, 11) is 3.46. The molecule has 0 aromatic carbocycles. The summed E-state index contributed by atoms with van der Waals surface area (Å²) in [6, 6.07) is 0. The molecule has 1 aliphatic heterocycles. The molecule has 2 unspecified atom stereocenters. The van der Waals surface area contributed by atoms with E-state index < -0.39 is 0 Å². The van der Waals surface area contributed by atoms with Crippen LogP contribution >= 0.6 is 0 Å². The van der Waals surface area contributed by atoms with Crippen molar-refractivity contribution in [3.05, 3.63) is 12.4 Å². The Balaban J connectivity index is 1.81. The Morgan fingerprint density at radius 3 is 2.41 bits per heavy atom. The number of anilines is 1. The Bertz CT molecular complexity index is 343. The lowest BCUT2D eigenvalue weighted by atomic mass is 10.3. The molecule has 1 aromatic rings. The number of nitrogens with two attached hydrogens (primary N) is 1. The molecular weight excluding hydrogens is 220 g/mol. The topological polar surface area (TPSA) is 65.5 Å². The molecule has 0 bridgehead atoms. The number of nitrogens with zero attached hydrogens (tertiary/aromatic N) is 3. The zero-order valence-corrected chi connectivity index (χ0v) is 10.4. The molecule has 2 rings (SSSR count). The van der Waals surface area contributed by atoms with Crippen LogP contribution in [-0.2, 0) is 16.0 Å². The van der Waals surface area contributed by atoms with Crippen LogP contribution in [0.4, 0.5) is 5.69 Å². The molecule has 2 atom stereocenters. The molecule has 96 valence electrons. The van der Waals surface area contributed by atoms with E-state index in [1.807, 2.05) is 10.9 Å². The van der Waals surface area contributed by atoms with Crippen molar-refractivity contribution in [2.24, 2.45) is 0 Å². The molecule has 0 amide bonds. The van der Waals surface area contributed by atoms with Crippen molar-refractivity contribution >= 4 is 5.69 Å². The molecule has 1 fully saturated rings. The first-order chi connectivity index (χ1) is 8.22. The number of hydrogen-bond acceptors (Lipinski definition) is 5. The van der Waals surface area contributed by atoms with E-state index in [9.17, 15) is 0 Å². The Hall–Kier alpha value is -1.11. The molecule has 2 N–H and O–H groups in total. The van der Waals surface area contributed by atoms with Gasteiger partial charge in [-0.2, -0.15) is 5.10 Å². The van der Waals surface area contributed by atoms with Gasteiger partial charge >= 0.3 is 0 Å². The Kier molecular flexibility index (Phi) is 3.98. The largest absolute Gasteiger partial charge is 0.396 e. The smallest absolute Gasteiger partial charge is 0.0971 e. The molecule has 1 saturated heterocycles. The zero-order valence-electron chi connectivity index (χ0n) is 10.4. The number of aromatic nitrogens is 2. The van der Waals surface area contributed by atoms with Crippen LogP contribution in [0.5, 0.6) is 0 Å². The van der Waals surface area contributed by atoms with E-state index in [0.29, 0.717) is 5.69 Å². The summed E-state index contributed by atoms with van der Waals surface area (Å²) in [6.45, 7) is 3.59. The molecule has 17 heavy (non-hydrogen) atoms. The summed E-state index contributed by atoms with van der Waals surface area (Å²) in [5.74, 6) is 0. The monoisotopic (exact) mass is 240 g/mol. The molecule has 6 heteroatoms. The number of nitrogen functional groups attached to an aromatic ring is 1. The third kappa shape index (κ3) is 2.96. The molecule has 0 saturated carbocycles. The van der Waals surface area contributed by atoms with Crippen LogP contribution in [0, 0.1) is 0 Å². The van der Waals surface area contributed by atoms with Crippen LogP contribution in [0.25, 0.3) is 0 Å². The average Bonchev–Trinajstić information content (AvgIpc) is 2.92. The molecule has 1 aromatic heterocycles. The summed E-state index contributed by atoms with van der Waals surface area (Å²) in [5, 5.41) is 4.16. The van der Waals surface area contributed by atoms with Crippen molar-refractivity contribution in [1.82, 2.24) is 14.7 Å². The molecule has 1 aliphatic rings. The minimum absolute atomic E-state index is 0.169. The highest BCUT2D eigenvalue weighted by atomic mass is 16.5. The molecule has 0 spiro atoms. The van der Waals surface area contributed by atoms with Crippen LogP contribution in [-0.4, -0.2) is 60.7 Å². The fourth-order valence-corrected chi connectivity index (χ4v) is 2.20. The van der Waals surface area contributed by atoms with Gasteiger partial charge in [-0.1, -0.05) is 0 Å². The lowest BCUT2D eigenvalue weighted by molar-refractivity contribution is -0.00461. The van der Waals surface area contributed by atoms with Crippen molar-refractivity contribution in [3.63, 3.8) is 0 Å². The van der Waals surface area contributed by atoms with Crippen LogP contribution in [0.1, 0.15) is 0 Å². The van der Waals surface area contributed by atoms with E-state index in [1.165, 1.54) is 0 Å². The molecule has 6 nitrogen and oxygen atoms in total. The third-order valence-electron chi connectivity index (χ3n) is 3.20. The first kappa shape index (κ1) is 12.3. The van der Waals surface area contributed by atoms with Crippen LogP contribution in [0.15, 0.2) is 12.4 Å². The minimum atomic E-state index is 0.169. The van der Waals surface area contributed by atoms with Crippen LogP contribution in [0.2, 0.25) is 0 Å². The second kappa shape index (κ2) is 5.48. The van der Waals surface area contributed by atoms with Gasteiger partial charge in [-0.05, 0) is 0 Å². The van der Waals surface area contributed by atoms with E-state index in [-0.39, 0.29) is 12.2 Å². The maximum atomic E-state index is 5.61. The first-order valence-corrected chi connectivity index (χ1v) is 5.79. The molecule has 2 heterocycles. The maximum absolute atomic E-state index is 5.61. The zero-order chi connectivity index (χ0) is 12.3. The van der Waals surface area contributed by atoms with Crippen LogP contribution < -0.4 is 5.73 Å². The summed E-state index contributed by atoms with van der Waals surface area (Å²) in [4.78, 5) is 2.32. The van der Waals surface area contributed by atoms with Gasteiger partial charge in [0.25, 0.3) is 0 Å². The van der Waals surface area contributed by atoms with Gasteiger partial charge in [0.15, 0.2) is 0 Å². The van der Waals surface area contributed by atoms with Gasteiger partial charge in [-0.25, -0.2) is 0 Å². The normalized spacial score (nSPS) is 25.5. The third-order valence-corrected chi connectivity index (χ3v) is 3.20. The lowest BCUT2D eigenvalue weighted by Crippen LogP contribution is -2.27. The standard InChI is InChI=1S/C11H20N4O2/c1-16-10-7-14(8-11(10)17-2)3-4-15-6-9(12)5-13-15/h5-6,10-11H,3-4,7-8,12H2,1-2H3. The number of rotatable bonds is 5. The fourth-order valence-electron chi connectivity index (χ4n) is 2.20. The fraction of sp³-hybridized carbons (Fsp3) is 0.727. The highest BCUT2D eigenvalue weighted by Gasteiger charge is 2.32. The first-order valence-electron chi connectivity index (χ1n) is 5.79. The van der Waals surface area contributed by atoms with Crippen LogP contribution in [0.3, 0.4) is 0 Å². The van der Waals surface area contributed by atoms with Gasteiger partial charge < -0.3 is 15.2 Å². The van der Waals surface area contributed by atoms with Gasteiger partial charge in [-0.3, -0.25) is 9.58 Å². The minimum Gasteiger partial charge on any atom is -0.396 e. The highest BCUT2D eigenvalue weighted by molar-refractivity contribution is 5.30. The average molecular weight is 240 g/mol. The van der Waals surface area contributed by atoms with Gasteiger partial charge in [0.05, 0.1) is 30.6 Å². The predicted octanol–water partition coefficient (Wildman–Crippen LogP) is -0.189. The van der Waals surface area contributed by atoms with E-state index >= 15 is 0 Å². The van der Waals surface area contributed by atoms with Crippen molar-refractivity contribution in [2.45, 2.75) is 18.8 Å². The summed E-state index contributed by atoms with van der Waals surface area (Å²) in [6.07, 6.45) is 3.85. The van der Waals surface area contributed by atoms with E-state index in [1.54, 1.807) is 20.4 Å². The van der Waals surface area contributed by atoms with Crippen molar-refractivity contribution < 1.29 is 9.47 Å². The van der Waals surface area contributed by atoms with Gasteiger partial charge in [0.2, 0.25) is 0 Å². The van der Waals surface area contributed by atoms with E-state index in [0.717, 1.165) is 26.2 Å². The molecular formula is C11H20N4O2. The van der Waals surface area contributed by atoms with E-state index in [2.05, 4.69) is 10.00 Å². The summed E-state index contributed by atoms with van der Waals surface area (Å²) < 4.78 is 12.6. The van der Waals surface area contributed by atoms with Gasteiger partial charge in [-0.15, -0.1) is 0 Å². The SMILES string of the molecule is COC1CN(CCn2cc(N)cn2)CC1OC. The maximum Gasteiger partial charge on any atom is 0.0971 e. The lowest BCUT2D eigenvalue weighted by Gasteiger charge is -2.14. The van der Waals surface area contributed by atoms with Crippen molar-refractivity contribution in [1.29, 1.82) is 0 Å². The summed E-state index contributed by atoms with van der Waals surface area (Å²) in [5.41, 5.74) is 6.32.